The third-order valence-corrected chi connectivity index (χ3v) is 4.52. The molecule has 5 heteroatoms. The third-order valence-electron chi connectivity index (χ3n) is 4.52. The summed E-state index contributed by atoms with van der Waals surface area (Å²) >= 11 is 0. The van der Waals surface area contributed by atoms with Gasteiger partial charge in [-0.15, -0.1) is 0 Å². The highest BCUT2D eigenvalue weighted by Crippen LogP contribution is 2.13. The van der Waals surface area contributed by atoms with Gasteiger partial charge in [-0.2, -0.15) is 0 Å². The van der Waals surface area contributed by atoms with Gasteiger partial charge < -0.3 is 14.8 Å². The fourth-order valence-electron chi connectivity index (χ4n) is 2.95. The molecule has 1 heterocycles. The molecule has 2 aromatic rings. The molecule has 0 aromatic heterocycles. The van der Waals surface area contributed by atoms with Gasteiger partial charge in [-0.25, -0.2) is 0 Å². The summed E-state index contributed by atoms with van der Waals surface area (Å²) in [5.41, 5.74) is 3.30. The summed E-state index contributed by atoms with van der Waals surface area (Å²) in [6, 6.07) is 16.0. The summed E-state index contributed by atoms with van der Waals surface area (Å²) in [5.74, 6) is 0.657. The first-order valence-corrected chi connectivity index (χ1v) is 9.21. The van der Waals surface area contributed by atoms with Gasteiger partial charge in [0.25, 0.3) is 0 Å². The highest BCUT2D eigenvalue weighted by atomic mass is 16.5. The van der Waals surface area contributed by atoms with E-state index in [1.807, 2.05) is 24.3 Å². The fraction of sp³-hybridized carbons (Fsp3) is 0.318. The van der Waals surface area contributed by atoms with E-state index in [9.17, 15) is 4.79 Å². The Labute approximate surface area is 160 Å². The predicted molar refractivity (Wildman–Crippen MR) is 106 cm³/mol. The van der Waals surface area contributed by atoms with Crippen molar-refractivity contribution < 1.29 is 14.3 Å². The van der Waals surface area contributed by atoms with Crippen LogP contribution in [0.5, 0.6) is 5.75 Å². The lowest BCUT2D eigenvalue weighted by atomic mass is 10.1. The first-order valence-electron chi connectivity index (χ1n) is 9.21. The lowest BCUT2D eigenvalue weighted by Crippen LogP contribution is -2.35. The number of methoxy groups -OCH3 is 1. The number of ether oxygens (including phenoxy) is 2. The van der Waals surface area contributed by atoms with Gasteiger partial charge in [0.2, 0.25) is 5.91 Å². The van der Waals surface area contributed by atoms with Gasteiger partial charge in [0.05, 0.1) is 20.3 Å². The minimum atomic E-state index is -0.116. The van der Waals surface area contributed by atoms with Crippen molar-refractivity contribution >= 4 is 12.0 Å². The highest BCUT2D eigenvalue weighted by molar-refractivity contribution is 5.91. The predicted octanol–water partition coefficient (Wildman–Crippen LogP) is 2.86. The molecule has 1 aliphatic heterocycles. The number of nitrogens with zero attached hydrogens (tertiary/aromatic N) is 1. The highest BCUT2D eigenvalue weighted by Gasteiger charge is 2.10. The van der Waals surface area contributed by atoms with Crippen LogP contribution in [0.15, 0.2) is 54.6 Å². The van der Waals surface area contributed by atoms with Crippen LogP contribution in [0.3, 0.4) is 0 Å². The summed E-state index contributed by atoms with van der Waals surface area (Å²) in [6.07, 6.45) is 3.32. The zero-order valence-electron chi connectivity index (χ0n) is 15.7. The second-order valence-electron chi connectivity index (χ2n) is 6.53. The van der Waals surface area contributed by atoms with Crippen molar-refractivity contribution in [1.29, 1.82) is 0 Å². The Bertz CT molecular complexity index is 765. The maximum atomic E-state index is 12.0. The summed E-state index contributed by atoms with van der Waals surface area (Å²) in [5, 5.41) is 2.91. The van der Waals surface area contributed by atoms with Gasteiger partial charge in [-0.05, 0) is 34.9 Å². The second kappa shape index (κ2) is 9.90. The molecule has 0 radical (unpaired) electrons. The summed E-state index contributed by atoms with van der Waals surface area (Å²) in [4.78, 5) is 14.4. The molecule has 0 saturated carbocycles. The van der Waals surface area contributed by atoms with Crippen LogP contribution in [0.1, 0.15) is 16.7 Å². The van der Waals surface area contributed by atoms with Crippen molar-refractivity contribution in [3.8, 4) is 5.75 Å². The Balaban J connectivity index is 1.46. The van der Waals surface area contributed by atoms with Crippen LogP contribution >= 0.6 is 0 Å². The molecule has 3 rings (SSSR count). The van der Waals surface area contributed by atoms with E-state index < -0.39 is 0 Å². The molecule has 0 spiro atoms. The molecule has 142 valence electrons. The molecule has 1 fully saturated rings. The molecule has 0 aliphatic carbocycles. The summed E-state index contributed by atoms with van der Waals surface area (Å²) in [7, 11) is 1.63. The second-order valence-corrected chi connectivity index (χ2v) is 6.53. The van der Waals surface area contributed by atoms with E-state index in [-0.39, 0.29) is 5.91 Å². The van der Waals surface area contributed by atoms with E-state index in [1.165, 1.54) is 5.56 Å². The Hall–Kier alpha value is -2.63. The Morgan fingerprint density at radius 2 is 1.89 bits per heavy atom. The van der Waals surface area contributed by atoms with Gasteiger partial charge in [-0.1, -0.05) is 36.4 Å². The van der Waals surface area contributed by atoms with Crippen molar-refractivity contribution in [2.45, 2.75) is 13.1 Å². The molecule has 27 heavy (non-hydrogen) atoms. The molecular formula is C22H26N2O3. The minimum Gasteiger partial charge on any atom is -0.497 e. The van der Waals surface area contributed by atoms with Gasteiger partial charge in [0, 0.05) is 32.3 Å². The smallest absolute Gasteiger partial charge is 0.244 e. The number of morpholine rings is 1. The zero-order chi connectivity index (χ0) is 18.9. The van der Waals surface area contributed by atoms with Crippen molar-refractivity contribution in [2.75, 3.05) is 33.4 Å². The minimum absolute atomic E-state index is 0.116. The zero-order valence-corrected chi connectivity index (χ0v) is 15.7. The number of hydrogen-bond donors (Lipinski definition) is 1. The molecule has 1 amide bonds. The van der Waals surface area contributed by atoms with Crippen LogP contribution in [0.4, 0.5) is 0 Å². The van der Waals surface area contributed by atoms with E-state index in [0.29, 0.717) is 6.54 Å². The maximum absolute atomic E-state index is 12.0. The van der Waals surface area contributed by atoms with Gasteiger partial charge in [0.1, 0.15) is 5.75 Å². The molecule has 0 atom stereocenters. The number of amides is 1. The topological polar surface area (TPSA) is 50.8 Å². The normalized spacial score (nSPS) is 15.0. The number of rotatable bonds is 7. The van der Waals surface area contributed by atoms with Crippen LogP contribution in [0.2, 0.25) is 0 Å². The SMILES string of the molecule is COc1cccc(/C=C/C(=O)NCc2ccc(CN3CCOCC3)cc2)c1. The van der Waals surface area contributed by atoms with E-state index in [0.717, 1.165) is 49.7 Å². The standard InChI is InChI=1S/C22H26N2O3/c1-26-21-4-2-3-18(15-21)9-10-22(25)23-16-19-5-7-20(8-6-19)17-24-11-13-27-14-12-24/h2-10,15H,11-14,16-17H2,1H3,(H,23,25)/b10-9+. The average molecular weight is 366 g/mol. The fourth-order valence-corrected chi connectivity index (χ4v) is 2.95. The lowest BCUT2D eigenvalue weighted by molar-refractivity contribution is -0.116. The van der Waals surface area contributed by atoms with E-state index >= 15 is 0 Å². The quantitative estimate of drug-likeness (QED) is 0.766. The molecule has 5 nitrogen and oxygen atoms in total. The summed E-state index contributed by atoms with van der Waals surface area (Å²) in [6.45, 7) is 5.05. The molecule has 0 bridgehead atoms. The van der Waals surface area contributed by atoms with Gasteiger partial charge in [-0.3, -0.25) is 9.69 Å². The van der Waals surface area contributed by atoms with Crippen LogP contribution < -0.4 is 10.1 Å². The maximum Gasteiger partial charge on any atom is 0.244 e. The molecule has 1 saturated heterocycles. The van der Waals surface area contributed by atoms with Crippen molar-refractivity contribution in [1.82, 2.24) is 10.2 Å². The molecular weight excluding hydrogens is 340 g/mol. The summed E-state index contributed by atoms with van der Waals surface area (Å²) < 4.78 is 10.6. The van der Waals surface area contributed by atoms with Gasteiger partial charge in [0.15, 0.2) is 0 Å². The number of carbonyl (C=O) groups is 1. The Morgan fingerprint density at radius 1 is 1.15 bits per heavy atom. The first-order chi connectivity index (χ1) is 13.2. The van der Waals surface area contributed by atoms with Crippen molar-refractivity contribution in [3.05, 3.63) is 71.3 Å². The number of nitrogens with one attached hydrogen (secondary N) is 1. The number of hydrogen-bond acceptors (Lipinski definition) is 4. The van der Waals surface area contributed by atoms with Gasteiger partial charge >= 0.3 is 0 Å². The monoisotopic (exact) mass is 366 g/mol. The lowest BCUT2D eigenvalue weighted by Gasteiger charge is -2.26. The first kappa shape index (κ1) is 19.1. The van der Waals surface area contributed by atoms with Crippen molar-refractivity contribution in [3.63, 3.8) is 0 Å². The van der Waals surface area contributed by atoms with Crippen LogP contribution in [-0.2, 0) is 22.6 Å². The van der Waals surface area contributed by atoms with Crippen LogP contribution in [0.25, 0.3) is 6.08 Å². The van der Waals surface area contributed by atoms with E-state index in [1.54, 1.807) is 19.3 Å². The largest absolute Gasteiger partial charge is 0.497 e. The number of benzene rings is 2. The van der Waals surface area contributed by atoms with Crippen LogP contribution in [0, 0.1) is 0 Å². The molecule has 0 unspecified atom stereocenters. The van der Waals surface area contributed by atoms with E-state index in [4.69, 9.17) is 9.47 Å². The Kier molecular flexibility index (Phi) is 7.02. The van der Waals surface area contributed by atoms with Crippen molar-refractivity contribution in [2.24, 2.45) is 0 Å². The molecule has 2 aromatic carbocycles. The average Bonchev–Trinajstić information content (AvgIpc) is 2.72. The molecule has 1 N–H and O–H groups in total. The molecule has 1 aliphatic rings. The number of carbonyl (C=O) groups excluding carboxylic acids is 1. The Morgan fingerprint density at radius 3 is 2.63 bits per heavy atom. The van der Waals surface area contributed by atoms with Crippen LogP contribution in [-0.4, -0.2) is 44.2 Å². The third kappa shape index (κ3) is 6.24. The van der Waals surface area contributed by atoms with E-state index in [2.05, 4.69) is 34.5 Å².